The maximum atomic E-state index is 2.31. The van der Waals surface area contributed by atoms with E-state index in [1.165, 1.54) is 17.7 Å². The summed E-state index contributed by atoms with van der Waals surface area (Å²) in [6, 6.07) is 15.0. The normalized spacial score (nSPS) is 13.3. The standard InChI is InChI=1S/C17H23NP/c1-14(2)13-17(19-3)15-9-11-18(12-10-15)16-7-5-4-6-8-16/h4-12,14,17,19H,13H2,1-3H3/q+1. The molecule has 0 N–H and O–H groups in total. The van der Waals surface area contributed by atoms with Gasteiger partial charge in [0, 0.05) is 29.9 Å². The Bertz CT molecular complexity index is 490. The van der Waals surface area contributed by atoms with Gasteiger partial charge in [0.2, 0.25) is 5.69 Å². The largest absolute Gasteiger partial charge is 0.210 e. The van der Waals surface area contributed by atoms with Crippen molar-refractivity contribution in [2.75, 3.05) is 6.66 Å². The van der Waals surface area contributed by atoms with E-state index in [0.717, 1.165) is 14.5 Å². The van der Waals surface area contributed by atoms with Gasteiger partial charge in [-0.2, -0.15) is 4.57 Å². The third kappa shape index (κ3) is 3.88. The summed E-state index contributed by atoms with van der Waals surface area (Å²) in [5.41, 5.74) is 3.40. The molecule has 2 atom stereocenters. The predicted molar refractivity (Wildman–Crippen MR) is 84.4 cm³/mol. The fraction of sp³-hybridized carbons (Fsp3) is 0.353. The first-order valence-corrected chi connectivity index (χ1v) is 8.52. The summed E-state index contributed by atoms with van der Waals surface area (Å²) in [5, 5.41) is 0. The SMILES string of the molecule is CPC(CC(C)C)c1cc[n+](-c2ccccc2)cc1. The van der Waals surface area contributed by atoms with Gasteiger partial charge >= 0.3 is 0 Å². The van der Waals surface area contributed by atoms with Crippen molar-refractivity contribution < 1.29 is 4.57 Å². The van der Waals surface area contributed by atoms with Gasteiger partial charge in [0.15, 0.2) is 12.4 Å². The lowest BCUT2D eigenvalue weighted by molar-refractivity contribution is -0.595. The van der Waals surface area contributed by atoms with Crippen LogP contribution in [0.5, 0.6) is 0 Å². The molecule has 100 valence electrons. The van der Waals surface area contributed by atoms with E-state index < -0.39 is 0 Å². The first kappa shape index (κ1) is 14.2. The minimum atomic E-state index is 0.713. The molecule has 1 aromatic carbocycles. The van der Waals surface area contributed by atoms with Crippen molar-refractivity contribution in [3.8, 4) is 5.69 Å². The van der Waals surface area contributed by atoms with Crippen LogP contribution in [0, 0.1) is 5.92 Å². The van der Waals surface area contributed by atoms with Crippen molar-refractivity contribution in [3.05, 3.63) is 60.4 Å². The van der Waals surface area contributed by atoms with Crippen molar-refractivity contribution in [2.24, 2.45) is 5.92 Å². The van der Waals surface area contributed by atoms with Gasteiger partial charge in [-0.1, -0.05) is 32.0 Å². The predicted octanol–water partition coefficient (Wildman–Crippen LogP) is 4.36. The molecule has 0 aliphatic heterocycles. The van der Waals surface area contributed by atoms with Gasteiger partial charge in [0.1, 0.15) is 0 Å². The van der Waals surface area contributed by atoms with E-state index in [9.17, 15) is 0 Å². The zero-order chi connectivity index (χ0) is 13.7. The van der Waals surface area contributed by atoms with Crippen LogP contribution in [0.3, 0.4) is 0 Å². The highest BCUT2D eigenvalue weighted by molar-refractivity contribution is 7.37. The topological polar surface area (TPSA) is 3.88 Å². The van der Waals surface area contributed by atoms with Crippen molar-refractivity contribution in [3.63, 3.8) is 0 Å². The first-order valence-electron chi connectivity index (χ1n) is 6.94. The van der Waals surface area contributed by atoms with Gasteiger partial charge in [-0.25, -0.2) is 0 Å². The molecule has 0 aliphatic rings. The molecule has 2 unspecified atom stereocenters. The van der Waals surface area contributed by atoms with E-state index in [4.69, 9.17) is 0 Å². The molecule has 0 fully saturated rings. The van der Waals surface area contributed by atoms with Crippen LogP contribution in [0.25, 0.3) is 5.69 Å². The number of nitrogens with zero attached hydrogens (tertiary/aromatic N) is 1. The summed E-state index contributed by atoms with van der Waals surface area (Å²) >= 11 is 0. The van der Waals surface area contributed by atoms with Gasteiger partial charge < -0.3 is 0 Å². The summed E-state index contributed by atoms with van der Waals surface area (Å²) in [6.07, 6.45) is 5.64. The lowest BCUT2D eigenvalue weighted by atomic mass is 10.0. The molecule has 2 rings (SSSR count). The molecule has 0 saturated carbocycles. The Kier molecular flexibility index (Phi) is 5.10. The minimum absolute atomic E-state index is 0.713. The highest BCUT2D eigenvalue weighted by atomic mass is 31.1. The van der Waals surface area contributed by atoms with Crippen molar-refractivity contribution in [1.82, 2.24) is 0 Å². The van der Waals surface area contributed by atoms with Crippen molar-refractivity contribution >= 4 is 8.58 Å². The van der Waals surface area contributed by atoms with E-state index >= 15 is 0 Å². The van der Waals surface area contributed by atoms with Crippen LogP contribution >= 0.6 is 8.58 Å². The maximum Gasteiger partial charge on any atom is 0.210 e. The van der Waals surface area contributed by atoms with Gasteiger partial charge in [-0.3, -0.25) is 0 Å². The number of benzene rings is 1. The van der Waals surface area contributed by atoms with E-state index in [2.05, 4.69) is 79.9 Å². The Morgan fingerprint density at radius 2 is 1.63 bits per heavy atom. The van der Waals surface area contributed by atoms with Gasteiger partial charge in [-0.05, 0) is 24.6 Å². The first-order chi connectivity index (χ1) is 9.20. The minimum Gasteiger partial charge on any atom is -0.167 e. The second-order valence-electron chi connectivity index (χ2n) is 5.35. The number of rotatable bonds is 5. The summed E-state index contributed by atoms with van der Waals surface area (Å²) in [5.74, 6) is 0.763. The molecular weight excluding hydrogens is 249 g/mol. The van der Waals surface area contributed by atoms with Crippen molar-refractivity contribution in [2.45, 2.75) is 25.9 Å². The molecule has 2 heteroatoms. The fourth-order valence-electron chi connectivity index (χ4n) is 2.33. The quantitative estimate of drug-likeness (QED) is 0.562. The molecule has 2 aromatic rings. The Labute approximate surface area is 118 Å². The second kappa shape index (κ2) is 6.82. The fourth-order valence-corrected chi connectivity index (χ4v) is 3.57. The smallest absolute Gasteiger partial charge is 0.167 e. The Balaban J connectivity index is 2.18. The average molecular weight is 272 g/mol. The van der Waals surface area contributed by atoms with E-state index in [1.807, 2.05) is 0 Å². The highest BCUT2D eigenvalue weighted by Crippen LogP contribution is 2.36. The molecule has 0 spiro atoms. The molecule has 0 radical (unpaired) electrons. The van der Waals surface area contributed by atoms with Gasteiger partial charge in [-0.15, -0.1) is 8.58 Å². The molecule has 1 aromatic heterocycles. The van der Waals surface area contributed by atoms with E-state index in [-0.39, 0.29) is 0 Å². The second-order valence-corrected chi connectivity index (χ2v) is 6.62. The van der Waals surface area contributed by atoms with Crippen LogP contribution in [0.1, 0.15) is 31.5 Å². The third-order valence-electron chi connectivity index (χ3n) is 3.37. The highest BCUT2D eigenvalue weighted by Gasteiger charge is 2.13. The Morgan fingerprint density at radius 3 is 2.16 bits per heavy atom. The van der Waals surface area contributed by atoms with Crippen molar-refractivity contribution in [1.29, 1.82) is 0 Å². The average Bonchev–Trinajstić information content (AvgIpc) is 2.46. The Morgan fingerprint density at radius 1 is 1.00 bits per heavy atom. The lowest BCUT2D eigenvalue weighted by Gasteiger charge is -2.16. The lowest BCUT2D eigenvalue weighted by Crippen LogP contribution is -2.29. The molecular formula is C17H23NP+. The van der Waals surface area contributed by atoms with Gasteiger partial charge in [0.05, 0.1) is 0 Å². The molecule has 0 amide bonds. The number of aromatic nitrogens is 1. The molecule has 0 bridgehead atoms. The number of hydrogen-bond acceptors (Lipinski definition) is 0. The summed E-state index contributed by atoms with van der Waals surface area (Å²) < 4.78 is 2.18. The molecule has 1 heterocycles. The van der Waals surface area contributed by atoms with E-state index in [1.54, 1.807) is 0 Å². The number of hydrogen-bond donors (Lipinski definition) is 0. The summed E-state index contributed by atoms with van der Waals surface area (Å²) in [7, 11) is 0.973. The van der Waals surface area contributed by atoms with Crippen LogP contribution in [0.15, 0.2) is 54.9 Å². The Hall–Kier alpha value is -1.20. The zero-order valence-electron chi connectivity index (χ0n) is 12.0. The molecule has 0 aliphatic carbocycles. The van der Waals surface area contributed by atoms with Crippen LogP contribution in [0.4, 0.5) is 0 Å². The summed E-state index contributed by atoms with van der Waals surface area (Å²) in [4.78, 5) is 0. The van der Waals surface area contributed by atoms with Crippen LogP contribution in [-0.2, 0) is 0 Å². The number of para-hydroxylation sites is 1. The van der Waals surface area contributed by atoms with Crippen LogP contribution in [-0.4, -0.2) is 6.66 Å². The third-order valence-corrected chi connectivity index (χ3v) is 4.63. The maximum absolute atomic E-state index is 2.31. The van der Waals surface area contributed by atoms with E-state index in [0.29, 0.717) is 5.66 Å². The molecule has 19 heavy (non-hydrogen) atoms. The summed E-state index contributed by atoms with van der Waals surface area (Å²) in [6.45, 7) is 6.92. The van der Waals surface area contributed by atoms with Crippen LogP contribution < -0.4 is 4.57 Å². The zero-order valence-corrected chi connectivity index (χ0v) is 13.0. The molecule has 0 saturated heterocycles. The number of pyridine rings is 1. The monoisotopic (exact) mass is 272 g/mol. The van der Waals surface area contributed by atoms with Crippen LogP contribution in [0.2, 0.25) is 0 Å². The van der Waals surface area contributed by atoms with Gasteiger partial charge in [0.25, 0.3) is 0 Å². The molecule has 1 nitrogen and oxygen atoms in total.